The molecule has 2 aromatic carbocycles. The molecule has 0 spiro atoms. The molecule has 0 saturated carbocycles. The van der Waals surface area contributed by atoms with Gasteiger partial charge in [-0.05, 0) is 57.4 Å². The van der Waals surface area contributed by atoms with Crippen molar-refractivity contribution in [1.82, 2.24) is 9.80 Å². The lowest BCUT2D eigenvalue weighted by Gasteiger charge is -2.27. The van der Waals surface area contributed by atoms with Crippen molar-refractivity contribution in [3.05, 3.63) is 81.5 Å². The molecule has 0 aliphatic carbocycles. The molecule has 0 saturated heterocycles. The van der Waals surface area contributed by atoms with Crippen LogP contribution >= 0.6 is 15.9 Å². The van der Waals surface area contributed by atoms with Gasteiger partial charge >= 0.3 is 0 Å². The highest BCUT2D eigenvalue weighted by molar-refractivity contribution is 9.10. The molecule has 1 aromatic heterocycles. The molecule has 0 bridgehead atoms. The van der Waals surface area contributed by atoms with Crippen molar-refractivity contribution < 1.29 is 23.5 Å². The number of rotatable bonds is 7. The summed E-state index contributed by atoms with van der Waals surface area (Å²) in [6, 6.07) is 11.8. The Morgan fingerprint density at radius 3 is 2.69 bits per heavy atom. The van der Waals surface area contributed by atoms with Crippen molar-refractivity contribution in [2.75, 3.05) is 27.2 Å². The Balaban J connectivity index is 1.77. The lowest BCUT2D eigenvalue weighted by atomic mass is 9.94. The van der Waals surface area contributed by atoms with E-state index in [2.05, 4.69) is 15.9 Å². The number of halogens is 2. The van der Waals surface area contributed by atoms with Gasteiger partial charge in [-0.1, -0.05) is 34.1 Å². The summed E-state index contributed by atoms with van der Waals surface area (Å²) in [5.41, 5.74) is 0.464. The molecule has 1 amide bonds. The highest BCUT2D eigenvalue weighted by Crippen LogP contribution is 2.40. The molecule has 32 heavy (non-hydrogen) atoms. The zero-order valence-corrected chi connectivity index (χ0v) is 19.2. The molecule has 1 aliphatic rings. The average Bonchev–Trinajstić information content (AvgIpc) is 3.27. The normalized spacial score (nSPS) is 16.6. The summed E-state index contributed by atoms with van der Waals surface area (Å²) in [6.45, 7) is 0.945. The van der Waals surface area contributed by atoms with E-state index in [9.17, 15) is 19.1 Å². The van der Waals surface area contributed by atoms with Gasteiger partial charge in [-0.25, -0.2) is 4.39 Å². The van der Waals surface area contributed by atoms with Gasteiger partial charge in [-0.2, -0.15) is 0 Å². The maximum atomic E-state index is 14.8. The maximum absolute atomic E-state index is 14.8. The molecule has 0 fully saturated rings. The number of furan rings is 1. The second-order valence-corrected chi connectivity index (χ2v) is 8.88. The van der Waals surface area contributed by atoms with Crippen LogP contribution in [0.2, 0.25) is 0 Å². The van der Waals surface area contributed by atoms with Crippen LogP contribution in [0.3, 0.4) is 0 Å². The number of hydrogen-bond acceptors (Lipinski definition) is 5. The lowest BCUT2D eigenvalue weighted by molar-refractivity contribution is -0.129. The fourth-order valence-corrected chi connectivity index (χ4v) is 4.33. The Bertz CT molecular complexity index is 1230. The number of aliphatic hydroxyl groups is 1. The molecule has 0 radical (unpaired) electrons. The second kappa shape index (κ2) is 8.88. The highest BCUT2D eigenvalue weighted by Gasteiger charge is 2.45. The molecule has 2 heterocycles. The number of nitrogens with zero attached hydrogens (tertiary/aromatic N) is 2. The average molecular weight is 501 g/mol. The fraction of sp³-hybridized carbons (Fsp3) is 0.250. The predicted octanol–water partition coefficient (Wildman–Crippen LogP) is 4.86. The first-order chi connectivity index (χ1) is 15.3. The van der Waals surface area contributed by atoms with Crippen LogP contribution in [0.1, 0.15) is 28.6 Å². The fourth-order valence-electron chi connectivity index (χ4n) is 3.95. The molecular formula is C24H22BrFN2O4. The molecule has 1 aliphatic heterocycles. The van der Waals surface area contributed by atoms with Crippen LogP contribution in [-0.2, 0) is 4.79 Å². The third-order valence-corrected chi connectivity index (χ3v) is 5.95. The molecule has 4 rings (SSSR count). The van der Waals surface area contributed by atoms with Gasteiger partial charge < -0.3 is 19.3 Å². The minimum atomic E-state index is -1.04. The van der Waals surface area contributed by atoms with Crippen molar-refractivity contribution in [3.8, 4) is 0 Å². The van der Waals surface area contributed by atoms with Crippen molar-refractivity contribution >= 4 is 38.6 Å². The van der Waals surface area contributed by atoms with E-state index in [1.165, 1.54) is 23.1 Å². The predicted molar refractivity (Wildman–Crippen MR) is 122 cm³/mol. The number of benzene rings is 2. The van der Waals surface area contributed by atoms with E-state index in [4.69, 9.17) is 4.42 Å². The van der Waals surface area contributed by atoms with E-state index in [1.807, 2.05) is 19.0 Å². The van der Waals surface area contributed by atoms with E-state index >= 15 is 0 Å². The van der Waals surface area contributed by atoms with Gasteiger partial charge in [-0.15, -0.1) is 0 Å². The number of amides is 1. The number of hydrogen-bond donors (Lipinski definition) is 1. The van der Waals surface area contributed by atoms with Crippen LogP contribution in [0.25, 0.3) is 11.0 Å². The number of fused-ring (bicyclic) bond motifs is 1. The zero-order chi connectivity index (χ0) is 23.0. The van der Waals surface area contributed by atoms with Gasteiger partial charge in [0.25, 0.3) is 5.91 Å². The Kier molecular flexibility index (Phi) is 6.17. The number of carbonyl (C=O) groups is 2. The molecule has 1 unspecified atom stereocenters. The van der Waals surface area contributed by atoms with E-state index in [-0.39, 0.29) is 23.4 Å². The van der Waals surface area contributed by atoms with Crippen molar-refractivity contribution in [1.29, 1.82) is 0 Å². The van der Waals surface area contributed by atoms with Crippen LogP contribution in [0.4, 0.5) is 4.39 Å². The first-order valence-corrected chi connectivity index (χ1v) is 10.9. The third-order valence-electron chi connectivity index (χ3n) is 5.45. The van der Waals surface area contributed by atoms with Crippen molar-refractivity contribution in [2.45, 2.75) is 12.5 Å². The largest absolute Gasteiger partial charge is 0.503 e. The zero-order valence-electron chi connectivity index (χ0n) is 17.6. The van der Waals surface area contributed by atoms with Gasteiger partial charge in [0.15, 0.2) is 11.5 Å². The smallest absolute Gasteiger partial charge is 0.290 e. The standard InChI is InChI=1S/C24H22BrFN2O4/c1-27(2)10-5-11-28-21(16-6-3-4-7-17(16)26)20(23(30)24(28)31)22(29)19-13-14-12-15(25)8-9-18(14)32-19/h3-4,6-9,12-13,21,30H,5,10-11H2,1-2H3. The van der Waals surface area contributed by atoms with Crippen molar-refractivity contribution in [2.24, 2.45) is 0 Å². The number of ketones is 1. The summed E-state index contributed by atoms with van der Waals surface area (Å²) < 4.78 is 21.3. The molecule has 1 atom stereocenters. The summed E-state index contributed by atoms with van der Waals surface area (Å²) >= 11 is 3.38. The maximum Gasteiger partial charge on any atom is 0.290 e. The lowest BCUT2D eigenvalue weighted by Crippen LogP contribution is -2.34. The molecular weight excluding hydrogens is 479 g/mol. The monoisotopic (exact) mass is 500 g/mol. The Labute approximate surface area is 193 Å². The van der Waals surface area contributed by atoms with E-state index in [1.54, 1.807) is 30.3 Å². The van der Waals surface area contributed by atoms with Crippen LogP contribution < -0.4 is 0 Å². The minimum absolute atomic E-state index is 0.0241. The third kappa shape index (κ3) is 4.08. The minimum Gasteiger partial charge on any atom is -0.503 e. The van der Waals surface area contributed by atoms with Crippen LogP contribution in [0.5, 0.6) is 0 Å². The van der Waals surface area contributed by atoms with E-state index in [0.29, 0.717) is 23.9 Å². The van der Waals surface area contributed by atoms with E-state index < -0.39 is 29.3 Å². The Morgan fingerprint density at radius 2 is 1.97 bits per heavy atom. The summed E-state index contributed by atoms with van der Waals surface area (Å²) in [5.74, 6) is -2.60. The van der Waals surface area contributed by atoms with Crippen LogP contribution in [-0.4, -0.2) is 53.8 Å². The summed E-state index contributed by atoms with van der Waals surface area (Å²) in [6.07, 6.45) is 0.594. The van der Waals surface area contributed by atoms with E-state index in [0.717, 1.165) is 4.47 Å². The quantitative estimate of drug-likeness (QED) is 0.468. The van der Waals surface area contributed by atoms with Gasteiger partial charge in [0.05, 0.1) is 11.6 Å². The van der Waals surface area contributed by atoms with Crippen LogP contribution in [0.15, 0.2) is 68.8 Å². The molecule has 3 aromatic rings. The van der Waals surface area contributed by atoms with Gasteiger partial charge in [0.1, 0.15) is 11.4 Å². The number of Topliss-reactive ketones (excluding diaryl/α,β-unsaturated/α-hetero) is 1. The molecule has 1 N–H and O–H groups in total. The Hall–Kier alpha value is -2.97. The highest BCUT2D eigenvalue weighted by atomic mass is 79.9. The number of aliphatic hydroxyl groups excluding tert-OH is 1. The van der Waals surface area contributed by atoms with Crippen LogP contribution in [0, 0.1) is 5.82 Å². The summed E-state index contributed by atoms with van der Waals surface area (Å²) in [7, 11) is 3.81. The van der Waals surface area contributed by atoms with Gasteiger partial charge in [-0.3, -0.25) is 9.59 Å². The molecule has 166 valence electrons. The summed E-state index contributed by atoms with van der Waals surface area (Å²) in [5, 5.41) is 11.4. The first-order valence-electron chi connectivity index (χ1n) is 10.1. The first kappa shape index (κ1) is 22.2. The Morgan fingerprint density at radius 1 is 1.22 bits per heavy atom. The second-order valence-electron chi connectivity index (χ2n) is 7.96. The SMILES string of the molecule is CN(C)CCCN1C(=O)C(O)=C(C(=O)c2cc3cc(Br)ccc3o2)C1c1ccccc1F. The topological polar surface area (TPSA) is 74.0 Å². The summed E-state index contributed by atoms with van der Waals surface area (Å²) in [4.78, 5) is 29.7. The molecule has 8 heteroatoms. The molecule has 6 nitrogen and oxygen atoms in total. The van der Waals surface area contributed by atoms with Gasteiger partial charge in [0, 0.05) is 22.0 Å². The van der Waals surface area contributed by atoms with Gasteiger partial charge in [0.2, 0.25) is 5.78 Å². The number of carbonyl (C=O) groups excluding carboxylic acids is 2. The van der Waals surface area contributed by atoms with Crippen molar-refractivity contribution in [3.63, 3.8) is 0 Å².